The second kappa shape index (κ2) is 6.82. The van der Waals surface area contributed by atoms with Gasteiger partial charge in [-0.2, -0.15) is 0 Å². The molecule has 1 unspecified atom stereocenters. The molecule has 1 spiro atoms. The maximum absolute atomic E-state index is 12.9. The highest BCUT2D eigenvalue weighted by molar-refractivity contribution is 9.10. The fourth-order valence-electron chi connectivity index (χ4n) is 3.53. The van der Waals surface area contributed by atoms with Gasteiger partial charge in [-0.05, 0) is 47.6 Å². The first kappa shape index (κ1) is 18.3. The van der Waals surface area contributed by atoms with Gasteiger partial charge < -0.3 is 10.6 Å². The zero-order chi connectivity index (χ0) is 19.2. The molecule has 1 atom stereocenters. The topological polar surface area (TPSA) is 70.6 Å². The van der Waals surface area contributed by atoms with Crippen LogP contribution in [-0.2, 0) is 9.59 Å². The van der Waals surface area contributed by atoms with Crippen LogP contribution < -0.4 is 10.6 Å². The van der Waals surface area contributed by atoms with Crippen molar-refractivity contribution >= 4 is 62.4 Å². The molecule has 0 saturated carbocycles. The molecule has 2 amide bonds. The Balaban J connectivity index is 1.86. The van der Waals surface area contributed by atoms with Crippen LogP contribution in [0.1, 0.15) is 23.5 Å². The normalized spacial score (nSPS) is 21.0. The van der Waals surface area contributed by atoms with Crippen LogP contribution in [0, 0.1) is 0 Å². The average molecular weight is 463 g/mol. The van der Waals surface area contributed by atoms with Crippen LogP contribution in [0.25, 0.3) is 0 Å². The molecule has 2 aromatic rings. The van der Waals surface area contributed by atoms with Crippen LogP contribution in [-0.4, -0.2) is 28.2 Å². The summed E-state index contributed by atoms with van der Waals surface area (Å²) in [6.07, 6.45) is 0.436. The zero-order valence-electron chi connectivity index (χ0n) is 13.8. The predicted molar refractivity (Wildman–Crippen MR) is 111 cm³/mol. The van der Waals surface area contributed by atoms with Gasteiger partial charge in [0.05, 0.1) is 0 Å². The monoisotopic (exact) mass is 461 g/mol. The Morgan fingerprint density at radius 1 is 1.11 bits per heavy atom. The molecule has 136 valence electrons. The van der Waals surface area contributed by atoms with E-state index in [0.29, 0.717) is 17.2 Å². The lowest BCUT2D eigenvalue weighted by Gasteiger charge is -2.34. The minimum absolute atomic E-state index is 0.00316. The summed E-state index contributed by atoms with van der Waals surface area (Å²) in [4.78, 5) is 30.5. The lowest BCUT2D eigenvalue weighted by atomic mass is 9.77. The average Bonchev–Trinajstić information content (AvgIpc) is 3.03. The molecule has 2 aliphatic rings. The Morgan fingerprint density at radius 2 is 1.78 bits per heavy atom. The molecule has 27 heavy (non-hydrogen) atoms. The fourth-order valence-corrected chi connectivity index (χ4v) is 4.24. The molecule has 2 aliphatic heterocycles. The number of halogens is 2. The number of aliphatic imine (C=N–C) groups is 1. The summed E-state index contributed by atoms with van der Waals surface area (Å²) >= 11 is 14.4. The standard InChI is InChI=1S/C19H13BrClN3O2S/c20-12-3-1-2-11(8-12)15-9-14(10-4-6-13(21)7-5-10)19(24-15)16(25)22-18(27)23-17(19)26/h1-8,14H,9H2,(H2,22,23,25,26,27). The molecule has 0 radical (unpaired) electrons. The van der Waals surface area contributed by atoms with Gasteiger partial charge in [-0.3, -0.25) is 14.6 Å². The van der Waals surface area contributed by atoms with E-state index in [2.05, 4.69) is 31.6 Å². The van der Waals surface area contributed by atoms with Crippen molar-refractivity contribution in [1.29, 1.82) is 0 Å². The molecule has 0 aromatic heterocycles. The number of hydrogen-bond donors (Lipinski definition) is 2. The van der Waals surface area contributed by atoms with Gasteiger partial charge in [-0.25, -0.2) is 0 Å². The first-order valence-corrected chi connectivity index (χ1v) is 9.75. The number of hydrogen-bond acceptors (Lipinski definition) is 4. The molecule has 5 nitrogen and oxygen atoms in total. The molecule has 2 aromatic carbocycles. The van der Waals surface area contributed by atoms with Crippen LogP contribution in [0.5, 0.6) is 0 Å². The van der Waals surface area contributed by atoms with Crippen molar-refractivity contribution in [1.82, 2.24) is 10.6 Å². The molecular weight excluding hydrogens is 450 g/mol. The summed E-state index contributed by atoms with van der Waals surface area (Å²) in [6.45, 7) is 0. The molecule has 1 fully saturated rings. The van der Waals surface area contributed by atoms with Crippen molar-refractivity contribution in [2.75, 3.05) is 0 Å². The van der Waals surface area contributed by atoms with E-state index in [9.17, 15) is 9.59 Å². The number of thiocarbonyl (C=S) groups is 1. The van der Waals surface area contributed by atoms with Crippen LogP contribution in [0.15, 0.2) is 58.0 Å². The van der Waals surface area contributed by atoms with Crippen molar-refractivity contribution in [3.63, 3.8) is 0 Å². The second-order valence-corrected chi connectivity index (χ2v) is 8.14. The van der Waals surface area contributed by atoms with Gasteiger partial charge in [0.25, 0.3) is 11.8 Å². The molecule has 2 N–H and O–H groups in total. The summed E-state index contributed by atoms with van der Waals surface area (Å²) < 4.78 is 0.894. The van der Waals surface area contributed by atoms with E-state index in [4.69, 9.17) is 23.8 Å². The number of rotatable bonds is 2. The summed E-state index contributed by atoms with van der Waals surface area (Å²) in [5.74, 6) is -1.49. The van der Waals surface area contributed by atoms with Crippen molar-refractivity contribution in [2.24, 2.45) is 4.99 Å². The van der Waals surface area contributed by atoms with Crippen molar-refractivity contribution in [3.8, 4) is 0 Å². The summed E-state index contributed by atoms with van der Waals surface area (Å²) in [7, 11) is 0. The number of amides is 2. The number of nitrogens with one attached hydrogen (secondary N) is 2. The summed E-state index contributed by atoms with van der Waals surface area (Å²) in [6, 6.07) is 14.7. The van der Waals surface area contributed by atoms with E-state index in [-0.39, 0.29) is 5.11 Å². The third-order valence-electron chi connectivity index (χ3n) is 4.79. The van der Waals surface area contributed by atoms with Gasteiger partial charge in [0.2, 0.25) is 5.54 Å². The Kier molecular flexibility index (Phi) is 4.61. The highest BCUT2D eigenvalue weighted by Gasteiger charge is 2.59. The maximum atomic E-state index is 12.9. The minimum atomic E-state index is -1.60. The van der Waals surface area contributed by atoms with Crippen molar-refractivity contribution in [3.05, 3.63) is 69.2 Å². The molecular formula is C19H13BrClN3O2S. The quantitative estimate of drug-likeness (QED) is 0.531. The van der Waals surface area contributed by atoms with E-state index in [1.165, 1.54) is 0 Å². The van der Waals surface area contributed by atoms with Gasteiger partial charge in [0.1, 0.15) is 0 Å². The fraction of sp³-hybridized carbons (Fsp3) is 0.158. The smallest absolute Gasteiger partial charge is 0.264 e. The number of benzene rings is 2. The SMILES string of the molecule is O=C1NC(=S)NC(=O)C12N=C(c1cccc(Br)c1)CC2c1ccc(Cl)cc1. The van der Waals surface area contributed by atoms with Crippen LogP contribution in [0.3, 0.4) is 0 Å². The Morgan fingerprint density at radius 3 is 2.41 bits per heavy atom. The van der Waals surface area contributed by atoms with E-state index in [0.717, 1.165) is 15.6 Å². The first-order chi connectivity index (χ1) is 12.9. The summed E-state index contributed by atoms with van der Waals surface area (Å²) in [5, 5.41) is 5.69. The van der Waals surface area contributed by atoms with E-state index in [1.807, 2.05) is 36.4 Å². The van der Waals surface area contributed by atoms with Crippen LogP contribution in [0.4, 0.5) is 0 Å². The summed E-state index contributed by atoms with van der Waals surface area (Å²) in [5.41, 5.74) is 0.753. The van der Waals surface area contributed by atoms with Gasteiger partial charge in [-0.15, -0.1) is 0 Å². The maximum Gasteiger partial charge on any atom is 0.264 e. The second-order valence-electron chi connectivity index (χ2n) is 6.38. The Labute approximate surface area is 174 Å². The first-order valence-electron chi connectivity index (χ1n) is 8.17. The molecule has 0 aliphatic carbocycles. The van der Waals surface area contributed by atoms with E-state index >= 15 is 0 Å². The predicted octanol–water partition coefficient (Wildman–Crippen LogP) is 3.35. The van der Waals surface area contributed by atoms with Crippen LogP contribution in [0.2, 0.25) is 5.02 Å². The highest BCUT2D eigenvalue weighted by Crippen LogP contribution is 2.43. The molecule has 2 heterocycles. The largest absolute Gasteiger partial charge is 0.300 e. The van der Waals surface area contributed by atoms with Crippen molar-refractivity contribution in [2.45, 2.75) is 17.9 Å². The molecule has 0 bridgehead atoms. The van der Waals surface area contributed by atoms with Gasteiger partial charge in [0.15, 0.2) is 5.11 Å². The number of nitrogens with zero attached hydrogens (tertiary/aromatic N) is 1. The van der Waals surface area contributed by atoms with Crippen molar-refractivity contribution < 1.29 is 9.59 Å². The van der Waals surface area contributed by atoms with Gasteiger partial charge in [-0.1, -0.05) is 51.8 Å². The lowest BCUT2D eigenvalue weighted by Crippen LogP contribution is -2.66. The third-order valence-corrected chi connectivity index (χ3v) is 5.74. The van der Waals surface area contributed by atoms with Gasteiger partial charge in [0, 0.05) is 27.5 Å². The Bertz CT molecular complexity index is 986. The Hall–Kier alpha value is -2.09. The number of carbonyl (C=O) groups excluding carboxylic acids is 2. The molecule has 8 heteroatoms. The van der Waals surface area contributed by atoms with E-state index < -0.39 is 23.3 Å². The minimum Gasteiger partial charge on any atom is -0.300 e. The zero-order valence-corrected chi connectivity index (χ0v) is 17.0. The lowest BCUT2D eigenvalue weighted by molar-refractivity contribution is -0.137. The van der Waals surface area contributed by atoms with Crippen LogP contribution >= 0.6 is 39.7 Å². The highest BCUT2D eigenvalue weighted by atomic mass is 79.9. The van der Waals surface area contributed by atoms with E-state index in [1.54, 1.807) is 12.1 Å². The number of carbonyl (C=O) groups is 2. The third kappa shape index (κ3) is 3.09. The molecule has 4 rings (SSSR count). The van der Waals surface area contributed by atoms with Gasteiger partial charge >= 0.3 is 0 Å². The molecule has 1 saturated heterocycles.